The Kier molecular flexibility index (Phi) is 3.95. The minimum atomic E-state index is -0.363. The third-order valence-corrected chi connectivity index (χ3v) is 3.64. The zero-order chi connectivity index (χ0) is 16.2. The van der Waals surface area contributed by atoms with Crippen LogP contribution in [0, 0.1) is 29.5 Å². The van der Waals surface area contributed by atoms with Crippen LogP contribution in [-0.2, 0) is 6.54 Å². The van der Waals surface area contributed by atoms with Gasteiger partial charge in [-0.15, -0.1) is 6.42 Å². The number of para-hydroxylation sites is 1. The van der Waals surface area contributed by atoms with Crippen molar-refractivity contribution in [3.63, 3.8) is 0 Å². The van der Waals surface area contributed by atoms with Gasteiger partial charge in [0.2, 0.25) is 0 Å². The highest BCUT2D eigenvalue weighted by Crippen LogP contribution is 2.26. The van der Waals surface area contributed by atoms with E-state index in [1.165, 1.54) is 12.1 Å². The summed E-state index contributed by atoms with van der Waals surface area (Å²) in [4.78, 5) is 0. The van der Waals surface area contributed by atoms with E-state index in [4.69, 9.17) is 6.42 Å². The highest BCUT2D eigenvalue weighted by Gasteiger charge is 2.08. The Morgan fingerprint density at radius 2 is 2.04 bits per heavy atom. The lowest BCUT2D eigenvalue weighted by Crippen LogP contribution is -1.91. The first-order chi connectivity index (χ1) is 11.2. The number of benzene rings is 2. The van der Waals surface area contributed by atoms with Crippen molar-refractivity contribution in [3.05, 3.63) is 71.7 Å². The maximum atomic E-state index is 13.4. The molecule has 1 heterocycles. The molecule has 23 heavy (non-hydrogen) atoms. The van der Waals surface area contributed by atoms with Gasteiger partial charge in [-0.05, 0) is 29.8 Å². The summed E-state index contributed by atoms with van der Waals surface area (Å²) in [6, 6.07) is 16.0. The smallest absolute Gasteiger partial charge is 0.123 e. The van der Waals surface area contributed by atoms with E-state index in [-0.39, 0.29) is 5.82 Å². The zero-order valence-corrected chi connectivity index (χ0v) is 12.3. The molecule has 3 aromatic rings. The minimum Gasteiger partial charge on any atom is -0.335 e. The molecule has 0 saturated heterocycles. The first-order valence-electron chi connectivity index (χ1n) is 7.12. The number of nitrogens with zero attached hydrogens (tertiary/aromatic N) is 2. The van der Waals surface area contributed by atoms with Gasteiger partial charge in [-0.3, -0.25) is 0 Å². The summed E-state index contributed by atoms with van der Waals surface area (Å²) in [6.07, 6.45) is 9.10. The summed E-state index contributed by atoms with van der Waals surface area (Å²) in [5.74, 6) is 2.26. The summed E-state index contributed by atoms with van der Waals surface area (Å²) in [7, 11) is 0. The topological polar surface area (TPSA) is 28.7 Å². The molecule has 0 fully saturated rings. The second kappa shape index (κ2) is 6.22. The maximum absolute atomic E-state index is 13.4. The highest BCUT2D eigenvalue weighted by molar-refractivity contribution is 5.98. The van der Waals surface area contributed by atoms with Crippen LogP contribution < -0.4 is 0 Å². The van der Waals surface area contributed by atoms with Crippen LogP contribution in [0.25, 0.3) is 22.6 Å². The predicted octanol–water partition coefficient (Wildman–Crippen LogP) is 4.48. The number of fused-ring (bicyclic) bond motifs is 1. The Morgan fingerprint density at radius 3 is 2.78 bits per heavy atom. The SMILES string of the molecule is C#CCn1cc(/C=C(/C#N)c2cccc(F)c2)c2ccccc21. The number of hydrogen-bond acceptors (Lipinski definition) is 1. The van der Waals surface area contributed by atoms with Crippen molar-refractivity contribution in [2.45, 2.75) is 6.54 Å². The van der Waals surface area contributed by atoms with E-state index in [1.54, 1.807) is 18.2 Å². The van der Waals surface area contributed by atoms with Gasteiger partial charge in [-0.25, -0.2) is 4.39 Å². The highest BCUT2D eigenvalue weighted by atomic mass is 19.1. The van der Waals surface area contributed by atoms with E-state index >= 15 is 0 Å². The molecule has 3 heteroatoms. The Hall–Kier alpha value is -3.30. The normalized spacial score (nSPS) is 11.2. The van der Waals surface area contributed by atoms with Crippen molar-refractivity contribution in [2.24, 2.45) is 0 Å². The summed E-state index contributed by atoms with van der Waals surface area (Å²) in [6.45, 7) is 0.455. The van der Waals surface area contributed by atoms with Crippen LogP contribution in [0.2, 0.25) is 0 Å². The molecule has 0 N–H and O–H groups in total. The summed E-state index contributed by atoms with van der Waals surface area (Å²) < 4.78 is 15.4. The average molecular weight is 300 g/mol. The van der Waals surface area contributed by atoms with E-state index in [9.17, 15) is 9.65 Å². The summed E-state index contributed by atoms with van der Waals surface area (Å²) in [5.41, 5.74) is 2.86. The van der Waals surface area contributed by atoms with Crippen LogP contribution in [0.5, 0.6) is 0 Å². The van der Waals surface area contributed by atoms with E-state index in [1.807, 2.05) is 35.0 Å². The summed E-state index contributed by atoms with van der Waals surface area (Å²) in [5, 5.41) is 10.4. The van der Waals surface area contributed by atoms with E-state index in [0.29, 0.717) is 17.7 Å². The molecule has 110 valence electrons. The van der Waals surface area contributed by atoms with E-state index < -0.39 is 0 Å². The molecule has 0 aliphatic heterocycles. The first-order valence-corrected chi connectivity index (χ1v) is 7.12. The molecular formula is C20H13FN2. The fraction of sp³-hybridized carbons (Fsp3) is 0.0500. The van der Waals surface area contributed by atoms with Crippen molar-refractivity contribution in [2.75, 3.05) is 0 Å². The Morgan fingerprint density at radius 1 is 1.22 bits per heavy atom. The van der Waals surface area contributed by atoms with Crippen LogP contribution >= 0.6 is 0 Å². The number of terminal acetylenes is 1. The molecular weight excluding hydrogens is 287 g/mol. The standard InChI is InChI=1S/C20H13FN2/c1-2-10-23-14-17(19-8-3-4-9-20(19)23)11-16(13-22)15-6-5-7-18(21)12-15/h1,3-9,11-12,14H,10H2/b16-11-. The third kappa shape index (κ3) is 2.86. The van der Waals surface area contributed by atoms with Gasteiger partial charge < -0.3 is 4.57 Å². The van der Waals surface area contributed by atoms with Gasteiger partial charge in [0, 0.05) is 22.7 Å². The van der Waals surface area contributed by atoms with Gasteiger partial charge >= 0.3 is 0 Å². The molecule has 0 amide bonds. The number of allylic oxidation sites excluding steroid dienone is 1. The molecule has 0 spiro atoms. The quantitative estimate of drug-likeness (QED) is 0.518. The van der Waals surface area contributed by atoms with Crippen molar-refractivity contribution in [1.82, 2.24) is 4.57 Å². The monoisotopic (exact) mass is 300 g/mol. The van der Waals surface area contributed by atoms with E-state index in [2.05, 4.69) is 12.0 Å². The van der Waals surface area contributed by atoms with Gasteiger partial charge in [0.25, 0.3) is 0 Å². The second-order valence-electron chi connectivity index (χ2n) is 5.11. The second-order valence-corrected chi connectivity index (χ2v) is 5.11. The molecule has 3 rings (SSSR count). The molecule has 0 unspecified atom stereocenters. The van der Waals surface area contributed by atoms with Gasteiger partial charge in [-0.2, -0.15) is 5.26 Å². The number of nitriles is 1. The Bertz CT molecular complexity index is 981. The van der Waals surface area contributed by atoms with Crippen molar-refractivity contribution in [1.29, 1.82) is 5.26 Å². The predicted molar refractivity (Wildman–Crippen MR) is 90.7 cm³/mol. The molecule has 0 saturated carbocycles. The minimum absolute atomic E-state index is 0.363. The lowest BCUT2D eigenvalue weighted by Gasteiger charge is -1.99. The molecule has 0 aliphatic carbocycles. The fourth-order valence-electron chi connectivity index (χ4n) is 2.61. The molecule has 2 nitrogen and oxygen atoms in total. The molecule has 0 aliphatic rings. The van der Waals surface area contributed by atoms with Crippen molar-refractivity contribution >= 4 is 22.6 Å². The fourth-order valence-corrected chi connectivity index (χ4v) is 2.61. The number of rotatable bonds is 3. The molecule has 0 bridgehead atoms. The van der Waals surface area contributed by atoms with Crippen LogP contribution in [0.15, 0.2) is 54.7 Å². The van der Waals surface area contributed by atoms with E-state index in [0.717, 1.165) is 16.5 Å². The van der Waals surface area contributed by atoms with Crippen LogP contribution in [-0.4, -0.2) is 4.57 Å². The van der Waals surface area contributed by atoms with Crippen molar-refractivity contribution < 1.29 is 4.39 Å². The number of aromatic nitrogens is 1. The van der Waals surface area contributed by atoms with Gasteiger partial charge in [0.1, 0.15) is 5.82 Å². The Balaban J connectivity index is 2.16. The molecule has 2 aromatic carbocycles. The molecule has 0 radical (unpaired) electrons. The number of hydrogen-bond donors (Lipinski definition) is 0. The molecule has 1 aromatic heterocycles. The lowest BCUT2D eigenvalue weighted by atomic mass is 10.0. The largest absolute Gasteiger partial charge is 0.335 e. The van der Waals surface area contributed by atoms with Crippen LogP contribution in [0.3, 0.4) is 0 Å². The number of halogens is 1. The molecule has 0 atom stereocenters. The lowest BCUT2D eigenvalue weighted by molar-refractivity contribution is 0.627. The van der Waals surface area contributed by atoms with Crippen LogP contribution in [0.4, 0.5) is 4.39 Å². The zero-order valence-electron chi connectivity index (χ0n) is 12.3. The van der Waals surface area contributed by atoms with Gasteiger partial charge in [0.05, 0.1) is 18.2 Å². The van der Waals surface area contributed by atoms with Gasteiger partial charge in [0.15, 0.2) is 0 Å². The first kappa shape index (κ1) is 14.6. The third-order valence-electron chi connectivity index (χ3n) is 3.64. The summed E-state index contributed by atoms with van der Waals surface area (Å²) >= 11 is 0. The van der Waals surface area contributed by atoms with Crippen LogP contribution in [0.1, 0.15) is 11.1 Å². The average Bonchev–Trinajstić information content (AvgIpc) is 2.91. The maximum Gasteiger partial charge on any atom is 0.123 e. The van der Waals surface area contributed by atoms with Gasteiger partial charge in [-0.1, -0.05) is 36.3 Å². The van der Waals surface area contributed by atoms with Crippen molar-refractivity contribution in [3.8, 4) is 18.4 Å². The Labute approximate surface area is 134 Å².